The van der Waals surface area contributed by atoms with Crippen LogP contribution in [0, 0.1) is 0 Å². The van der Waals surface area contributed by atoms with Gasteiger partial charge in [-0.05, 0) is 12.1 Å². The molecule has 4 N–H and O–H groups in total. The van der Waals surface area contributed by atoms with E-state index >= 15 is 0 Å². The molecule has 152 valence electrons. The van der Waals surface area contributed by atoms with E-state index in [1.54, 1.807) is 0 Å². The van der Waals surface area contributed by atoms with Gasteiger partial charge in [0.1, 0.15) is 33.0 Å². The third-order valence-corrected chi connectivity index (χ3v) is 6.22. The lowest BCUT2D eigenvalue weighted by atomic mass is 10.2. The first-order valence-electron chi connectivity index (χ1n) is 7.60. The Balaban J connectivity index is 1.96. The van der Waals surface area contributed by atoms with E-state index in [1.165, 1.54) is 30.3 Å². The number of rotatable bonds is 4. The first-order chi connectivity index (χ1) is 13.6. The topological polar surface area (TPSA) is 70.5 Å². The summed E-state index contributed by atoms with van der Waals surface area (Å²) in [6.07, 6.45) is 0. The molecule has 0 aliphatic rings. The molecule has 0 saturated carbocycles. The van der Waals surface area contributed by atoms with Crippen molar-refractivity contribution in [2.45, 2.75) is 0 Å². The van der Waals surface area contributed by atoms with Crippen LogP contribution in [0.3, 0.4) is 0 Å². The number of benzene rings is 3. The molecule has 0 amide bonds. The van der Waals surface area contributed by atoms with E-state index in [2.05, 4.69) is 0 Å². The molecule has 4 nitrogen and oxygen atoms in total. The normalized spacial score (nSPS) is 10.9. The average Bonchev–Trinajstić information content (AvgIpc) is 2.66. The Morgan fingerprint density at radius 1 is 0.517 bits per heavy atom. The standard InChI is InChI=1S/C18H9Cl7N2O2/c19-6-1-7(28-11-4-9(20)13(22)17(26)15(11)24)3-8(2-6)29-12-5-10(21)14(23)18(27)16(12)25/h1-5H,26-27H2. The van der Waals surface area contributed by atoms with E-state index in [-0.39, 0.29) is 64.5 Å². The second kappa shape index (κ2) is 8.94. The van der Waals surface area contributed by atoms with Crippen LogP contribution >= 0.6 is 81.2 Å². The minimum Gasteiger partial charge on any atom is -0.455 e. The molecule has 11 heteroatoms. The molecule has 0 unspecified atom stereocenters. The highest BCUT2D eigenvalue weighted by Gasteiger charge is 2.17. The minimum absolute atomic E-state index is 0.0902. The van der Waals surface area contributed by atoms with Gasteiger partial charge < -0.3 is 20.9 Å². The Morgan fingerprint density at radius 2 is 0.897 bits per heavy atom. The highest BCUT2D eigenvalue weighted by Crippen LogP contribution is 2.45. The summed E-state index contributed by atoms with van der Waals surface area (Å²) in [4.78, 5) is 0. The maximum atomic E-state index is 6.18. The van der Waals surface area contributed by atoms with Crippen molar-refractivity contribution in [3.63, 3.8) is 0 Å². The number of nitrogens with two attached hydrogens (primary N) is 2. The number of ether oxygens (including phenoxy) is 2. The summed E-state index contributed by atoms with van der Waals surface area (Å²) >= 11 is 42.5. The first kappa shape index (κ1) is 22.6. The van der Waals surface area contributed by atoms with Gasteiger partial charge >= 0.3 is 0 Å². The summed E-state index contributed by atoms with van der Waals surface area (Å²) in [5, 5.41) is 1.13. The van der Waals surface area contributed by atoms with Crippen LogP contribution < -0.4 is 20.9 Å². The lowest BCUT2D eigenvalue weighted by Crippen LogP contribution is -1.95. The summed E-state index contributed by atoms with van der Waals surface area (Å²) in [6.45, 7) is 0. The molecule has 3 aromatic rings. The van der Waals surface area contributed by atoms with Gasteiger partial charge in [-0.25, -0.2) is 0 Å². The molecular formula is C18H9Cl7N2O2. The number of halogens is 7. The second-order valence-electron chi connectivity index (χ2n) is 5.62. The zero-order valence-corrected chi connectivity index (χ0v) is 19.3. The van der Waals surface area contributed by atoms with E-state index in [1.807, 2.05) is 0 Å². The monoisotopic (exact) mass is 530 g/mol. The maximum absolute atomic E-state index is 6.18. The van der Waals surface area contributed by atoms with Crippen molar-refractivity contribution < 1.29 is 9.47 Å². The van der Waals surface area contributed by atoms with Crippen molar-refractivity contribution in [1.82, 2.24) is 0 Å². The molecule has 0 spiro atoms. The fraction of sp³-hybridized carbons (Fsp3) is 0. The Morgan fingerprint density at radius 3 is 1.28 bits per heavy atom. The fourth-order valence-corrected chi connectivity index (χ4v) is 3.64. The van der Waals surface area contributed by atoms with Crippen molar-refractivity contribution in [2.24, 2.45) is 0 Å². The van der Waals surface area contributed by atoms with E-state index < -0.39 is 0 Å². The van der Waals surface area contributed by atoms with Gasteiger partial charge in [-0.2, -0.15) is 0 Å². The Labute approximate surface area is 201 Å². The number of nitrogen functional groups attached to an aromatic ring is 2. The minimum atomic E-state index is 0.0902. The molecule has 0 fully saturated rings. The van der Waals surface area contributed by atoms with E-state index in [9.17, 15) is 0 Å². The van der Waals surface area contributed by atoms with Crippen molar-refractivity contribution in [2.75, 3.05) is 11.5 Å². The van der Waals surface area contributed by atoms with Gasteiger partial charge in [0.15, 0.2) is 0 Å². The number of anilines is 2. The fourth-order valence-electron chi connectivity index (χ4n) is 2.26. The van der Waals surface area contributed by atoms with Crippen LogP contribution in [-0.4, -0.2) is 0 Å². The lowest BCUT2D eigenvalue weighted by molar-refractivity contribution is 0.461. The lowest BCUT2D eigenvalue weighted by Gasteiger charge is -2.14. The molecule has 0 aliphatic carbocycles. The van der Waals surface area contributed by atoms with Crippen molar-refractivity contribution in [3.05, 3.63) is 65.5 Å². The molecule has 0 bridgehead atoms. The van der Waals surface area contributed by atoms with Crippen molar-refractivity contribution >= 4 is 92.6 Å². The van der Waals surface area contributed by atoms with Gasteiger partial charge in [-0.1, -0.05) is 81.2 Å². The summed E-state index contributed by atoms with van der Waals surface area (Å²) in [5.74, 6) is 0.944. The quantitative estimate of drug-likeness (QED) is 0.259. The molecule has 3 aromatic carbocycles. The largest absolute Gasteiger partial charge is 0.455 e. The Kier molecular flexibility index (Phi) is 6.96. The molecule has 0 atom stereocenters. The predicted octanol–water partition coefficient (Wildman–Crippen LogP) is 9.01. The van der Waals surface area contributed by atoms with Crippen LogP contribution in [-0.2, 0) is 0 Å². The van der Waals surface area contributed by atoms with Gasteiger partial charge in [0.25, 0.3) is 0 Å². The average molecular weight is 533 g/mol. The predicted molar refractivity (Wildman–Crippen MR) is 123 cm³/mol. The SMILES string of the molecule is Nc1c(Cl)c(Cl)cc(Oc2cc(Cl)cc(Oc3cc(Cl)c(Cl)c(N)c3Cl)c2)c1Cl. The van der Waals surface area contributed by atoms with Crippen LogP contribution in [0.15, 0.2) is 30.3 Å². The highest BCUT2D eigenvalue weighted by atomic mass is 35.5. The van der Waals surface area contributed by atoms with Gasteiger partial charge in [-0.3, -0.25) is 0 Å². The molecule has 0 saturated heterocycles. The number of hydrogen-bond acceptors (Lipinski definition) is 4. The van der Waals surface area contributed by atoms with Crippen molar-refractivity contribution in [1.29, 1.82) is 0 Å². The van der Waals surface area contributed by atoms with E-state index in [4.69, 9.17) is 102 Å². The molecule has 29 heavy (non-hydrogen) atoms. The highest BCUT2D eigenvalue weighted by molar-refractivity contribution is 6.47. The van der Waals surface area contributed by atoms with E-state index in [0.717, 1.165) is 0 Å². The van der Waals surface area contributed by atoms with Gasteiger partial charge in [0.2, 0.25) is 0 Å². The Hall–Kier alpha value is -1.11. The van der Waals surface area contributed by atoms with Crippen molar-refractivity contribution in [3.8, 4) is 23.0 Å². The zero-order chi connectivity index (χ0) is 21.5. The second-order valence-corrected chi connectivity index (χ2v) is 8.39. The molecular weight excluding hydrogens is 524 g/mol. The molecule has 0 aliphatic heterocycles. The first-order valence-corrected chi connectivity index (χ1v) is 10.2. The van der Waals surface area contributed by atoms with E-state index in [0.29, 0.717) is 5.02 Å². The molecule has 3 rings (SSSR count). The summed E-state index contributed by atoms with van der Waals surface area (Å²) in [6, 6.07) is 7.47. The third-order valence-electron chi connectivity index (χ3n) is 3.61. The summed E-state index contributed by atoms with van der Waals surface area (Å²) in [7, 11) is 0. The van der Waals surface area contributed by atoms with Gasteiger partial charge in [0, 0.05) is 23.2 Å². The van der Waals surface area contributed by atoms with Crippen LogP contribution in [0.25, 0.3) is 0 Å². The smallest absolute Gasteiger partial charge is 0.149 e. The van der Waals surface area contributed by atoms with Crippen LogP contribution in [0.5, 0.6) is 23.0 Å². The van der Waals surface area contributed by atoms with Crippen LogP contribution in [0.1, 0.15) is 0 Å². The van der Waals surface area contributed by atoms with Gasteiger partial charge in [0.05, 0.1) is 31.5 Å². The molecule has 0 aromatic heterocycles. The van der Waals surface area contributed by atoms with Crippen LogP contribution in [0.2, 0.25) is 35.2 Å². The Bertz CT molecular complexity index is 1040. The summed E-state index contributed by atoms with van der Waals surface area (Å²) < 4.78 is 11.5. The molecule has 0 radical (unpaired) electrons. The van der Waals surface area contributed by atoms with Gasteiger partial charge in [-0.15, -0.1) is 0 Å². The zero-order valence-electron chi connectivity index (χ0n) is 14.0. The molecule has 0 heterocycles. The van der Waals surface area contributed by atoms with Crippen LogP contribution in [0.4, 0.5) is 11.4 Å². The number of hydrogen-bond donors (Lipinski definition) is 2. The summed E-state index contributed by atoms with van der Waals surface area (Å²) in [5.41, 5.74) is 11.8. The third kappa shape index (κ3) is 4.80. The maximum Gasteiger partial charge on any atom is 0.149 e.